The largest absolute Gasteiger partial charge is 0.481 e. The van der Waals surface area contributed by atoms with Gasteiger partial charge >= 0.3 is 5.97 Å². The molecule has 0 spiro atoms. The monoisotopic (exact) mass is 304 g/mol. The molecule has 0 radical (unpaired) electrons. The maximum absolute atomic E-state index is 12.3. The summed E-state index contributed by atoms with van der Waals surface area (Å²) in [4.78, 5) is 28.4. The third-order valence-electron chi connectivity index (χ3n) is 3.82. The van der Waals surface area contributed by atoms with E-state index < -0.39 is 17.6 Å². The van der Waals surface area contributed by atoms with E-state index in [1.165, 1.54) is 0 Å². The quantitative estimate of drug-likeness (QED) is 0.840. The number of carbonyl (C=O) groups excluding carboxylic acids is 1. The van der Waals surface area contributed by atoms with E-state index in [9.17, 15) is 9.59 Å². The highest BCUT2D eigenvalue weighted by Gasteiger charge is 2.34. The van der Waals surface area contributed by atoms with E-state index in [4.69, 9.17) is 9.94 Å². The van der Waals surface area contributed by atoms with Crippen molar-refractivity contribution in [1.29, 1.82) is 0 Å². The van der Waals surface area contributed by atoms with Gasteiger partial charge in [-0.1, -0.05) is 42.4 Å². The summed E-state index contributed by atoms with van der Waals surface area (Å²) in [7, 11) is 0. The summed E-state index contributed by atoms with van der Waals surface area (Å²) in [6.07, 6.45) is 0.0520. The first-order valence-corrected chi connectivity index (χ1v) is 7.25. The van der Waals surface area contributed by atoms with Crippen LogP contribution in [0.25, 0.3) is 0 Å². The van der Waals surface area contributed by atoms with Gasteiger partial charge in [-0.15, -0.1) is 0 Å². The number of hydrogen-bond acceptors (Lipinski definition) is 4. The van der Waals surface area contributed by atoms with Crippen molar-refractivity contribution < 1.29 is 19.5 Å². The number of carboxylic acids is 1. The third kappa shape index (κ3) is 3.84. The number of hydrogen-bond donors (Lipinski definition) is 2. The molecule has 2 rings (SSSR count). The Hall–Kier alpha value is -2.37. The molecule has 1 amide bonds. The van der Waals surface area contributed by atoms with Crippen molar-refractivity contribution in [2.24, 2.45) is 5.16 Å². The summed E-state index contributed by atoms with van der Waals surface area (Å²) in [6.45, 7) is 3.55. The fraction of sp³-hybridized carbons (Fsp3) is 0.438. The number of oxime groups is 1. The Labute approximate surface area is 129 Å². The summed E-state index contributed by atoms with van der Waals surface area (Å²) >= 11 is 0. The van der Waals surface area contributed by atoms with E-state index in [0.717, 1.165) is 11.3 Å². The van der Waals surface area contributed by atoms with Crippen molar-refractivity contribution in [3.05, 3.63) is 35.9 Å². The highest BCUT2D eigenvalue weighted by Crippen LogP contribution is 2.20. The standard InChI is InChI=1S/C16H20N2O4/c1-3-16(2,10-14(19)20)17-15(21)13-9-12(18-22-13)11-7-5-4-6-8-11/h4-8,13H,3,9-10H2,1-2H3,(H,17,21)(H,19,20). The van der Waals surface area contributed by atoms with E-state index in [2.05, 4.69) is 10.5 Å². The zero-order chi connectivity index (χ0) is 16.2. The molecule has 0 bridgehead atoms. The van der Waals surface area contributed by atoms with Crippen LogP contribution >= 0.6 is 0 Å². The predicted octanol–water partition coefficient (Wildman–Crippen LogP) is 1.94. The summed E-state index contributed by atoms with van der Waals surface area (Å²) < 4.78 is 0. The molecule has 118 valence electrons. The topological polar surface area (TPSA) is 88.0 Å². The van der Waals surface area contributed by atoms with Crippen LogP contribution in [0.2, 0.25) is 0 Å². The smallest absolute Gasteiger partial charge is 0.305 e. The highest BCUT2D eigenvalue weighted by atomic mass is 16.6. The Balaban J connectivity index is 1.97. The summed E-state index contributed by atoms with van der Waals surface area (Å²) in [5.41, 5.74) is 0.848. The highest BCUT2D eigenvalue weighted by molar-refractivity contribution is 6.04. The molecule has 22 heavy (non-hydrogen) atoms. The molecule has 0 aliphatic carbocycles. The molecule has 1 aliphatic heterocycles. The van der Waals surface area contributed by atoms with Gasteiger partial charge in [0.1, 0.15) is 0 Å². The van der Waals surface area contributed by atoms with Crippen LogP contribution < -0.4 is 5.32 Å². The van der Waals surface area contributed by atoms with Crippen molar-refractivity contribution in [1.82, 2.24) is 5.32 Å². The van der Waals surface area contributed by atoms with Crippen molar-refractivity contribution >= 4 is 17.6 Å². The van der Waals surface area contributed by atoms with E-state index >= 15 is 0 Å². The van der Waals surface area contributed by atoms with Crippen LogP contribution in [0, 0.1) is 0 Å². The van der Waals surface area contributed by atoms with Crippen LogP contribution in [-0.2, 0) is 14.4 Å². The normalized spacial score (nSPS) is 19.7. The van der Waals surface area contributed by atoms with Crippen LogP contribution in [0.1, 0.15) is 38.7 Å². The van der Waals surface area contributed by atoms with Crippen molar-refractivity contribution in [3.8, 4) is 0 Å². The Morgan fingerprint density at radius 3 is 2.68 bits per heavy atom. The Bertz CT molecular complexity index is 585. The van der Waals surface area contributed by atoms with E-state index in [1.807, 2.05) is 37.3 Å². The van der Waals surface area contributed by atoms with Gasteiger partial charge in [-0.3, -0.25) is 9.59 Å². The van der Waals surface area contributed by atoms with Gasteiger partial charge in [0, 0.05) is 12.0 Å². The molecule has 0 fully saturated rings. The van der Waals surface area contributed by atoms with E-state index in [1.54, 1.807) is 6.92 Å². The molecule has 2 N–H and O–H groups in total. The Morgan fingerprint density at radius 2 is 2.09 bits per heavy atom. The van der Waals surface area contributed by atoms with Crippen molar-refractivity contribution in [3.63, 3.8) is 0 Å². The van der Waals surface area contributed by atoms with Gasteiger partial charge < -0.3 is 15.3 Å². The maximum Gasteiger partial charge on any atom is 0.305 e. The third-order valence-corrected chi connectivity index (χ3v) is 3.82. The molecular weight excluding hydrogens is 284 g/mol. The van der Waals surface area contributed by atoms with Gasteiger partial charge in [-0.25, -0.2) is 0 Å². The lowest BCUT2D eigenvalue weighted by molar-refractivity contribution is -0.140. The van der Waals surface area contributed by atoms with E-state index in [0.29, 0.717) is 12.8 Å². The van der Waals surface area contributed by atoms with Crippen LogP contribution in [0.4, 0.5) is 0 Å². The fourth-order valence-electron chi connectivity index (χ4n) is 2.29. The van der Waals surface area contributed by atoms with Gasteiger partial charge in [-0.2, -0.15) is 0 Å². The second kappa shape index (κ2) is 6.60. The molecule has 1 aromatic carbocycles. The number of nitrogens with one attached hydrogen (secondary N) is 1. The summed E-state index contributed by atoms with van der Waals surface area (Å²) in [6, 6.07) is 9.51. The lowest BCUT2D eigenvalue weighted by Crippen LogP contribution is -2.50. The summed E-state index contributed by atoms with van der Waals surface area (Å²) in [5, 5.41) is 15.7. The van der Waals surface area contributed by atoms with Crippen LogP contribution in [0.3, 0.4) is 0 Å². The van der Waals surface area contributed by atoms with Gasteiger partial charge in [0.25, 0.3) is 5.91 Å². The molecule has 1 aliphatic rings. The minimum atomic E-state index is -0.946. The zero-order valence-electron chi connectivity index (χ0n) is 12.7. The molecule has 1 aromatic rings. The van der Waals surface area contributed by atoms with Gasteiger partial charge in [0.2, 0.25) is 6.10 Å². The van der Waals surface area contributed by atoms with Gasteiger partial charge in [0.15, 0.2) is 0 Å². The number of amides is 1. The molecule has 0 aromatic heterocycles. The zero-order valence-corrected chi connectivity index (χ0v) is 12.7. The fourth-order valence-corrected chi connectivity index (χ4v) is 2.29. The average molecular weight is 304 g/mol. The maximum atomic E-state index is 12.3. The number of carbonyl (C=O) groups is 2. The number of aliphatic carboxylic acids is 1. The van der Waals surface area contributed by atoms with Crippen LogP contribution in [0.15, 0.2) is 35.5 Å². The van der Waals surface area contributed by atoms with E-state index in [-0.39, 0.29) is 12.3 Å². The molecular formula is C16H20N2O4. The lowest BCUT2D eigenvalue weighted by Gasteiger charge is -2.28. The molecule has 1 heterocycles. The number of nitrogens with zero attached hydrogens (tertiary/aromatic N) is 1. The molecule has 2 atom stereocenters. The summed E-state index contributed by atoms with van der Waals surface area (Å²) in [5.74, 6) is -1.28. The minimum Gasteiger partial charge on any atom is -0.481 e. The predicted molar refractivity (Wildman–Crippen MR) is 81.6 cm³/mol. The minimum absolute atomic E-state index is 0.131. The average Bonchev–Trinajstić information content (AvgIpc) is 2.97. The van der Waals surface area contributed by atoms with Crippen molar-refractivity contribution in [2.75, 3.05) is 0 Å². The first-order chi connectivity index (χ1) is 10.4. The second-order valence-corrected chi connectivity index (χ2v) is 5.68. The number of benzene rings is 1. The SMILES string of the molecule is CCC(C)(CC(=O)O)NC(=O)C1CC(c2ccccc2)=NO1. The molecule has 6 nitrogen and oxygen atoms in total. The van der Waals surface area contributed by atoms with Crippen molar-refractivity contribution in [2.45, 2.75) is 44.8 Å². The van der Waals surface area contributed by atoms with Gasteiger partial charge in [-0.05, 0) is 18.9 Å². The Morgan fingerprint density at radius 1 is 1.41 bits per heavy atom. The second-order valence-electron chi connectivity index (χ2n) is 5.68. The van der Waals surface area contributed by atoms with Gasteiger partial charge in [0.05, 0.1) is 12.1 Å². The first-order valence-electron chi connectivity index (χ1n) is 7.25. The van der Waals surface area contributed by atoms with Crippen LogP contribution in [0.5, 0.6) is 0 Å². The van der Waals surface area contributed by atoms with Crippen LogP contribution in [-0.4, -0.2) is 34.3 Å². The first kappa shape index (κ1) is 16.0. The molecule has 2 unspecified atom stereocenters. The Kier molecular flexibility index (Phi) is 4.80. The molecule has 6 heteroatoms. The lowest BCUT2D eigenvalue weighted by atomic mass is 9.93. The molecule has 0 saturated carbocycles. The number of carboxylic acid groups (broad SMARTS) is 1. The molecule has 0 saturated heterocycles. The number of rotatable bonds is 6.